The van der Waals surface area contributed by atoms with Gasteiger partial charge in [-0.15, -0.1) is 0 Å². The van der Waals surface area contributed by atoms with Crippen molar-refractivity contribution in [1.29, 1.82) is 0 Å². The molecule has 11 heavy (non-hydrogen) atoms. The van der Waals surface area contributed by atoms with Gasteiger partial charge in [-0.05, 0) is 0 Å². The second kappa shape index (κ2) is 4.97. The molecule has 0 aliphatic rings. The minimum atomic E-state index is -3.14. The van der Waals surface area contributed by atoms with Crippen LogP contribution in [0.25, 0.3) is 0 Å². The molecule has 1 atom stereocenters. The molecule has 0 spiro atoms. The van der Waals surface area contributed by atoms with E-state index in [2.05, 4.69) is 0 Å². The van der Waals surface area contributed by atoms with E-state index in [9.17, 15) is 13.6 Å². The Hall–Kier alpha value is -0.750. The average molecular weight is 169 g/mol. The van der Waals surface area contributed by atoms with Crippen LogP contribution in [-0.4, -0.2) is 35.4 Å². The first-order valence-electron chi connectivity index (χ1n) is 2.95. The van der Waals surface area contributed by atoms with Gasteiger partial charge < -0.3 is 15.5 Å². The summed E-state index contributed by atoms with van der Waals surface area (Å²) in [4.78, 5) is 10.1. The predicted molar refractivity (Wildman–Crippen MR) is 31.9 cm³/mol. The fourth-order valence-corrected chi connectivity index (χ4v) is 0.422. The summed E-state index contributed by atoms with van der Waals surface area (Å²) in [6.07, 6.45) is -4.69. The Bertz CT molecular complexity index is 131. The van der Waals surface area contributed by atoms with Gasteiger partial charge in [0.05, 0.1) is 0 Å². The SMILES string of the molecule is O=C(NC(O)CCO)C(F)F. The summed E-state index contributed by atoms with van der Waals surface area (Å²) >= 11 is 0. The van der Waals surface area contributed by atoms with Gasteiger partial charge in [-0.1, -0.05) is 0 Å². The number of halogens is 2. The Morgan fingerprint density at radius 1 is 1.55 bits per heavy atom. The Kier molecular flexibility index (Phi) is 4.64. The number of alkyl halides is 2. The van der Waals surface area contributed by atoms with Gasteiger partial charge in [0.2, 0.25) is 0 Å². The molecular weight excluding hydrogens is 160 g/mol. The summed E-state index contributed by atoms with van der Waals surface area (Å²) < 4.78 is 22.9. The van der Waals surface area contributed by atoms with Crippen molar-refractivity contribution in [3.63, 3.8) is 0 Å². The van der Waals surface area contributed by atoms with E-state index in [0.717, 1.165) is 0 Å². The molecule has 4 nitrogen and oxygen atoms in total. The molecule has 0 rings (SSSR count). The van der Waals surface area contributed by atoms with Crippen molar-refractivity contribution in [1.82, 2.24) is 5.32 Å². The smallest absolute Gasteiger partial charge is 0.315 e. The molecule has 0 aromatic heterocycles. The van der Waals surface area contributed by atoms with Crippen LogP contribution in [0.4, 0.5) is 8.78 Å². The number of hydrogen-bond donors (Lipinski definition) is 3. The third kappa shape index (κ3) is 4.63. The zero-order valence-electron chi connectivity index (χ0n) is 5.63. The van der Waals surface area contributed by atoms with Gasteiger partial charge in [-0.3, -0.25) is 4.79 Å². The fourth-order valence-electron chi connectivity index (χ4n) is 0.422. The van der Waals surface area contributed by atoms with Crippen molar-refractivity contribution in [2.75, 3.05) is 6.61 Å². The van der Waals surface area contributed by atoms with E-state index >= 15 is 0 Å². The molecule has 0 aromatic carbocycles. The van der Waals surface area contributed by atoms with Gasteiger partial charge in [0.25, 0.3) is 5.91 Å². The molecule has 0 aliphatic carbocycles. The summed E-state index contributed by atoms with van der Waals surface area (Å²) in [5, 5.41) is 18.4. The molecular formula is C5H9F2NO3. The molecule has 0 saturated carbocycles. The summed E-state index contributed by atoms with van der Waals surface area (Å²) in [5.74, 6) is -1.54. The largest absolute Gasteiger partial charge is 0.396 e. The second-order valence-electron chi connectivity index (χ2n) is 1.84. The van der Waals surface area contributed by atoms with Crippen LogP contribution in [0, 0.1) is 0 Å². The molecule has 0 heterocycles. The number of aliphatic hydroxyl groups excluding tert-OH is 2. The van der Waals surface area contributed by atoms with Crippen LogP contribution in [0.1, 0.15) is 6.42 Å². The molecule has 1 unspecified atom stereocenters. The third-order valence-electron chi connectivity index (χ3n) is 0.910. The number of carbonyl (C=O) groups excluding carboxylic acids is 1. The lowest BCUT2D eigenvalue weighted by atomic mass is 10.4. The van der Waals surface area contributed by atoms with Crippen molar-refractivity contribution in [2.45, 2.75) is 19.1 Å². The van der Waals surface area contributed by atoms with E-state index in [0.29, 0.717) is 0 Å². The quantitative estimate of drug-likeness (QED) is 0.476. The van der Waals surface area contributed by atoms with Crippen molar-refractivity contribution in [3.05, 3.63) is 0 Å². The third-order valence-corrected chi connectivity index (χ3v) is 0.910. The standard InChI is InChI=1S/C5H9F2NO3/c6-4(7)5(11)8-3(10)1-2-9/h3-4,9-10H,1-2H2,(H,8,11). The van der Waals surface area contributed by atoms with Gasteiger partial charge in [0, 0.05) is 13.0 Å². The molecule has 0 bridgehead atoms. The van der Waals surface area contributed by atoms with Crippen LogP contribution in [-0.2, 0) is 4.79 Å². The van der Waals surface area contributed by atoms with Crippen LogP contribution in [0.5, 0.6) is 0 Å². The molecule has 6 heteroatoms. The van der Waals surface area contributed by atoms with Crippen LogP contribution in [0.15, 0.2) is 0 Å². The lowest BCUT2D eigenvalue weighted by Crippen LogP contribution is -2.38. The van der Waals surface area contributed by atoms with Gasteiger partial charge in [0.1, 0.15) is 6.23 Å². The Morgan fingerprint density at radius 2 is 2.09 bits per heavy atom. The fraction of sp³-hybridized carbons (Fsp3) is 0.800. The van der Waals surface area contributed by atoms with Crippen LogP contribution >= 0.6 is 0 Å². The summed E-state index contributed by atoms with van der Waals surface area (Å²) in [5.41, 5.74) is 0. The zero-order valence-corrected chi connectivity index (χ0v) is 5.63. The molecule has 1 amide bonds. The Balaban J connectivity index is 3.57. The number of amides is 1. The second-order valence-corrected chi connectivity index (χ2v) is 1.84. The minimum absolute atomic E-state index is 0.154. The number of rotatable bonds is 4. The summed E-state index contributed by atoms with van der Waals surface area (Å²) in [6, 6.07) is 0. The normalized spacial score (nSPS) is 13.2. The highest BCUT2D eigenvalue weighted by Crippen LogP contribution is 1.93. The topological polar surface area (TPSA) is 69.6 Å². The van der Waals surface area contributed by atoms with Crippen molar-refractivity contribution in [3.8, 4) is 0 Å². The molecule has 3 N–H and O–H groups in total. The molecule has 66 valence electrons. The maximum Gasteiger partial charge on any atom is 0.315 e. The monoisotopic (exact) mass is 169 g/mol. The number of hydrogen-bond acceptors (Lipinski definition) is 3. The minimum Gasteiger partial charge on any atom is -0.396 e. The van der Waals surface area contributed by atoms with Crippen LogP contribution in [0.3, 0.4) is 0 Å². The van der Waals surface area contributed by atoms with Gasteiger partial charge >= 0.3 is 6.43 Å². The average Bonchev–Trinajstić information content (AvgIpc) is 1.87. The molecule has 0 fully saturated rings. The highest BCUT2D eigenvalue weighted by Gasteiger charge is 2.17. The van der Waals surface area contributed by atoms with Crippen molar-refractivity contribution in [2.24, 2.45) is 0 Å². The Labute approximate surface area is 61.8 Å². The van der Waals surface area contributed by atoms with E-state index in [1.165, 1.54) is 0 Å². The van der Waals surface area contributed by atoms with E-state index in [1.54, 1.807) is 5.32 Å². The van der Waals surface area contributed by atoms with Crippen molar-refractivity contribution >= 4 is 5.91 Å². The summed E-state index contributed by atoms with van der Waals surface area (Å²) in [6.45, 7) is -0.370. The predicted octanol–water partition coefficient (Wildman–Crippen LogP) is -0.932. The number of carbonyl (C=O) groups is 1. The van der Waals surface area contributed by atoms with E-state index in [4.69, 9.17) is 10.2 Å². The maximum atomic E-state index is 11.4. The first-order chi connectivity index (χ1) is 5.07. The van der Waals surface area contributed by atoms with Crippen LogP contribution in [0.2, 0.25) is 0 Å². The maximum absolute atomic E-state index is 11.4. The first-order valence-corrected chi connectivity index (χ1v) is 2.95. The van der Waals surface area contributed by atoms with Gasteiger partial charge in [-0.25, -0.2) is 0 Å². The number of nitrogens with one attached hydrogen (secondary N) is 1. The lowest BCUT2D eigenvalue weighted by molar-refractivity contribution is -0.135. The molecule has 0 saturated heterocycles. The first kappa shape index (κ1) is 10.2. The zero-order chi connectivity index (χ0) is 8.85. The highest BCUT2D eigenvalue weighted by molar-refractivity contribution is 5.79. The molecule has 0 radical (unpaired) electrons. The van der Waals surface area contributed by atoms with E-state index < -0.39 is 18.6 Å². The van der Waals surface area contributed by atoms with E-state index in [-0.39, 0.29) is 13.0 Å². The highest BCUT2D eigenvalue weighted by atomic mass is 19.3. The Morgan fingerprint density at radius 3 is 2.45 bits per heavy atom. The van der Waals surface area contributed by atoms with Crippen molar-refractivity contribution < 1.29 is 23.8 Å². The van der Waals surface area contributed by atoms with E-state index in [1.807, 2.05) is 0 Å². The summed E-state index contributed by atoms with van der Waals surface area (Å²) in [7, 11) is 0. The van der Waals surface area contributed by atoms with Gasteiger partial charge in [-0.2, -0.15) is 8.78 Å². The lowest BCUT2D eigenvalue weighted by Gasteiger charge is -2.09. The molecule has 0 aromatic rings. The molecule has 0 aliphatic heterocycles. The van der Waals surface area contributed by atoms with Gasteiger partial charge in [0.15, 0.2) is 0 Å². The number of aliphatic hydroxyl groups is 2. The van der Waals surface area contributed by atoms with Crippen LogP contribution < -0.4 is 5.32 Å².